The summed E-state index contributed by atoms with van der Waals surface area (Å²) in [7, 11) is 0. The number of aryl methyl sites for hydroxylation is 1. The van der Waals surface area contributed by atoms with Crippen molar-refractivity contribution in [3.63, 3.8) is 0 Å². The van der Waals surface area contributed by atoms with E-state index < -0.39 is 0 Å². The Morgan fingerprint density at radius 1 is 1.37 bits per heavy atom. The predicted molar refractivity (Wildman–Crippen MR) is 74.4 cm³/mol. The van der Waals surface area contributed by atoms with Crippen molar-refractivity contribution >= 4 is 11.6 Å². The summed E-state index contributed by atoms with van der Waals surface area (Å²) < 4.78 is 10.8. The summed E-state index contributed by atoms with van der Waals surface area (Å²) in [4.78, 5) is 0. The second-order valence-corrected chi connectivity index (χ2v) is 4.69. The average Bonchev–Trinajstić information content (AvgIpc) is 2.83. The molecule has 1 aromatic heterocycles. The maximum absolute atomic E-state index is 6.09. The first-order valence-electron chi connectivity index (χ1n) is 6.23. The quantitative estimate of drug-likeness (QED) is 0.882. The van der Waals surface area contributed by atoms with Gasteiger partial charge in [-0.05, 0) is 31.2 Å². The molecule has 0 saturated heterocycles. The van der Waals surface area contributed by atoms with Crippen LogP contribution in [0.4, 0.5) is 0 Å². The van der Waals surface area contributed by atoms with Crippen LogP contribution in [0.2, 0.25) is 5.02 Å². The SMILES string of the molecule is CCNCc1cc(COc2ccc(C)cc2Cl)on1. The van der Waals surface area contributed by atoms with Gasteiger partial charge < -0.3 is 14.6 Å². The van der Waals surface area contributed by atoms with Crippen molar-refractivity contribution in [2.45, 2.75) is 27.0 Å². The Balaban J connectivity index is 1.92. The molecule has 102 valence electrons. The highest BCUT2D eigenvalue weighted by Gasteiger charge is 2.06. The van der Waals surface area contributed by atoms with Gasteiger partial charge in [-0.25, -0.2) is 0 Å². The fourth-order valence-corrected chi connectivity index (χ4v) is 1.92. The molecule has 0 radical (unpaired) electrons. The summed E-state index contributed by atoms with van der Waals surface area (Å²) >= 11 is 6.09. The smallest absolute Gasteiger partial charge is 0.174 e. The van der Waals surface area contributed by atoms with Crippen molar-refractivity contribution < 1.29 is 9.26 Å². The van der Waals surface area contributed by atoms with Crippen LogP contribution in [0.1, 0.15) is 23.9 Å². The lowest BCUT2D eigenvalue weighted by atomic mass is 10.2. The minimum Gasteiger partial charge on any atom is -0.484 e. The molecule has 0 atom stereocenters. The fourth-order valence-electron chi connectivity index (χ4n) is 1.63. The molecule has 0 fully saturated rings. The third kappa shape index (κ3) is 3.98. The van der Waals surface area contributed by atoms with E-state index in [1.54, 1.807) is 0 Å². The van der Waals surface area contributed by atoms with E-state index in [1.807, 2.05) is 38.1 Å². The Morgan fingerprint density at radius 3 is 2.95 bits per heavy atom. The Bertz CT molecular complexity index is 540. The third-order valence-corrected chi connectivity index (χ3v) is 2.92. The molecule has 0 amide bonds. The van der Waals surface area contributed by atoms with Gasteiger partial charge in [0.05, 0.1) is 10.7 Å². The second kappa shape index (κ2) is 6.59. The lowest BCUT2D eigenvalue weighted by Gasteiger charge is -2.06. The maximum atomic E-state index is 6.09. The Morgan fingerprint density at radius 2 is 2.21 bits per heavy atom. The summed E-state index contributed by atoms with van der Waals surface area (Å²) in [5, 5.41) is 7.74. The molecule has 0 unspecified atom stereocenters. The molecule has 2 rings (SSSR count). The van der Waals surface area contributed by atoms with E-state index in [-0.39, 0.29) is 0 Å². The lowest BCUT2D eigenvalue weighted by Crippen LogP contribution is -2.11. The number of hydrogen-bond donors (Lipinski definition) is 1. The van der Waals surface area contributed by atoms with Crippen molar-refractivity contribution in [1.82, 2.24) is 10.5 Å². The first-order valence-corrected chi connectivity index (χ1v) is 6.61. The summed E-state index contributed by atoms with van der Waals surface area (Å²) in [5.74, 6) is 1.33. The van der Waals surface area contributed by atoms with Crippen LogP contribution in [-0.4, -0.2) is 11.7 Å². The van der Waals surface area contributed by atoms with Crippen LogP contribution >= 0.6 is 11.6 Å². The van der Waals surface area contributed by atoms with Crippen LogP contribution in [0, 0.1) is 6.92 Å². The van der Waals surface area contributed by atoms with Gasteiger partial charge in [0.15, 0.2) is 5.76 Å². The highest BCUT2D eigenvalue weighted by Crippen LogP contribution is 2.26. The Kier molecular flexibility index (Phi) is 4.82. The zero-order valence-corrected chi connectivity index (χ0v) is 11.8. The summed E-state index contributed by atoms with van der Waals surface area (Å²) in [5.41, 5.74) is 1.97. The molecule has 4 nitrogen and oxygen atoms in total. The monoisotopic (exact) mass is 280 g/mol. The van der Waals surface area contributed by atoms with Crippen LogP contribution in [0.25, 0.3) is 0 Å². The van der Waals surface area contributed by atoms with Crippen molar-refractivity contribution in [1.29, 1.82) is 0 Å². The van der Waals surface area contributed by atoms with Gasteiger partial charge in [-0.2, -0.15) is 0 Å². The van der Waals surface area contributed by atoms with Gasteiger partial charge in [-0.15, -0.1) is 0 Å². The molecule has 0 saturated carbocycles. The average molecular weight is 281 g/mol. The normalized spacial score (nSPS) is 10.7. The molecule has 1 aromatic carbocycles. The third-order valence-electron chi connectivity index (χ3n) is 2.62. The van der Waals surface area contributed by atoms with Crippen LogP contribution in [0.15, 0.2) is 28.8 Å². The minimum atomic E-state index is 0.321. The molecule has 1 N–H and O–H groups in total. The van der Waals surface area contributed by atoms with E-state index in [2.05, 4.69) is 10.5 Å². The second-order valence-electron chi connectivity index (χ2n) is 4.29. The first-order chi connectivity index (χ1) is 9.19. The number of rotatable bonds is 6. The maximum Gasteiger partial charge on any atom is 0.174 e. The highest BCUT2D eigenvalue weighted by molar-refractivity contribution is 6.32. The zero-order chi connectivity index (χ0) is 13.7. The van der Waals surface area contributed by atoms with Crippen LogP contribution in [-0.2, 0) is 13.2 Å². The molecular formula is C14H17ClN2O2. The predicted octanol–water partition coefficient (Wildman–Crippen LogP) is 3.32. The number of benzene rings is 1. The van der Waals surface area contributed by atoms with Gasteiger partial charge in [-0.3, -0.25) is 0 Å². The van der Waals surface area contributed by atoms with Crippen molar-refractivity contribution in [2.75, 3.05) is 6.54 Å². The number of aromatic nitrogens is 1. The number of hydrogen-bond acceptors (Lipinski definition) is 4. The largest absolute Gasteiger partial charge is 0.484 e. The number of ether oxygens (including phenoxy) is 1. The summed E-state index contributed by atoms with van der Waals surface area (Å²) in [6, 6.07) is 7.56. The van der Waals surface area contributed by atoms with Crippen molar-refractivity contribution in [2.24, 2.45) is 0 Å². The molecule has 19 heavy (non-hydrogen) atoms. The summed E-state index contributed by atoms with van der Waals surface area (Å²) in [6.07, 6.45) is 0. The molecule has 1 heterocycles. The lowest BCUT2D eigenvalue weighted by molar-refractivity contribution is 0.248. The van der Waals surface area contributed by atoms with E-state index in [4.69, 9.17) is 20.9 Å². The van der Waals surface area contributed by atoms with E-state index in [9.17, 15) is 0 Å². The van der Waals surface area contributed by atoms with Crippen molar-refractivity contribution in [3.05, 3.63) is 46.3 Å². The number of halogens is 1. The van der Waals surface area contributed by atoms with E-state index >= 15 is 0 Å². The molecule has 5 heteroatoms. The standard InChI is InChI=1S/C14H17ClN2O2/c1-3-16-8-11-7-12(19-17-11)9-18-14-5-4-10(2)6-13(14)15/h4-7,16H,3,8-9H2,1-2H3. The molecule has 0 aliphatic carbocycles. The van der Waals surface area contributed by atoms with Gasteiger partial charge in [0.2, 0.25) is 0 Å². The number of nitrogens with zero attached hydrogens (tertiary/aromatic N) is 1. The Hall–Kier alpha value is -1.52. The van der Waals surface area contributed by atoms with Crippen LogP contribution in [0.5, 0.6) is 5.75 Å². The van der Waals surface area contributed by atoms with Crippen molar-refractivity contribution in [3.8, 4) is 5.75 Å². The van der Waals surface area contributed by atoms with Gasteiger partial charge in [-0.1, -0.05) is 29.7 Å². The van der Waals surface area contributed by atoms with Gasteiger partial charge in [0.1, 0.15) is 12.4 Å². The minimum absolute atomic E-state index is 0.321. The molecule has 0 aliphatic heterocycles. The van der Waals surface area contributed by atoms with Crippen LogP contribution in [0.3, 0.4) is 0 Å². The van der Waals surface area contributed by atoms with Gasteiger partial charge in [0.25, 0.3) is 0 Å². The van der Waals surface area contributed by atoms with Gasteiger partial charge in [0, 0.05) is 12.6 Å². The van der Waals surface area contributed by atoms with Gasteiger partial charge >= 0.3 is 0 Å². The topological polar surface area (TPSA) is 47.3 Å². The fraction of sp³-hybridized carbons (Fsp3) is 0.357. The number of nitrogens with one attached hydrogen (secondary N) is 1. The first kappa shape index (κ1) is 13.9. The molecule has 0 aliphatic rings. The molecular weight excluding hydrogens is 264 g/mol. The van der Waals surface area contributed by atoms with Crippen LogP contribution < -0.4 is 10.1 Å². The van der Waals surface area contributed by atoms with E-state index in [0.717, 1.165) is 17.8 Å². The van der Waals surface area contributed by atoms with E-state index in [0.29, 0.717) is 29.7 Å². The highest BCUT2D eigenvalue weighted by atomic mass is 35.5. The molecule has 0 bridgehead atoms. The molecule has 2 aromatic rings. The Labute approximate surface area is 117 Å². The molecule has 0 spiro atoms. The van der Waals surface area contributed by atoms with E-state index in [1.165, 1.54) is 0 Å². The zero-order valence-electron chi connectivity index (χ0n) is 11.1. The summed E-state index contributed by atoms with van der Waals surface area (Å²) in [6.45, 7) is 5.95.